The summed E-state index contributed by atoms with van der Waals surface area (Å²) >= 11 is 2.44. The van der Waals surface area contributed by atoms with E-state index in [0.717, 1.165) is 121 Å². The number of ether oxygens (including phenoxy) is 3. The lowest BCUT2D eigenvalue weighted by Crippen LogP contribution is -3.00. The number of unbranched alkanes of at least 4 members (excludes halogenated alkanes) is 4. The molecule has 0 unspecified atom stereocenters. The van der Waals surface area contributed by atoms with Gasteiger partial charge in [0, 0.05) is 57.7 Å². The predicted molar refractivity (Wildman–Crippen MR) is 373 cm³/mol. The predicted octanol–water partition coefficient (Wildman–Crippen LogP) is 13.8. The molecule has 0 radical (unpaired) electrons. The van der Waals surface area contributed by atoms with Crippen LogP contribution in [-0.4, -0.2) is 109 Å². The van der Waals surface area contributed by atoms with Gasteiger partial charge in [-0.1, -0.05) is 101 Å². The highest BCUT2D eigenvalue weighted by Gasteiger charge is 2.28. The van der Waals surface area contributed by atoms with E-state index >= 15 is 0 Å². The van der Waals surface area contributed by atoms with Crippen molar-refractivity contribution in [3.05, 3.63) is 145 Å². The number of hydrogen-bond acceptors (Lipinski definition) is 8. The van der Waals surface area contributed by atoms with Crippen molar-refractivity contribution < 1.29 is 76.1 Å². The number of rotatable bonds is 24. The lowest BCUT2D eigenvalue weighted by Gasteiger charge is -2.29. The zero-order valence-electron chi connectivity index (χ0n) is 55.6. The van der Waals surface area contributed by atoms with Crippen molar-refractivity contribution in [3.8, 4) is 22.5 Å². The number of carboxylic acid groups (broad SMARTS) is 1. The van der Waals surface area contributed by atoms with E-state index in [2.05, 4.69) is 205 Å². The van der Waals surface area contributed by atoms with Crippen molar-refractivity contribution in [2.45, 2.75) is 151 Å². The van der Waals surface area contributed by atoms with Crippen LogP contribution in [0.3, 0.4) is 0 Å². The number of carboxylic acids is 1. The van der Waals surface area contributed by atoms with Gasteiger partial charge < -0.3 is 52.7 Å². The maximum Gasteiger partial charge on any atom is 0.412 e. The normalized spacial score (nSPS) is 11.5. The van der Waals surface area contributed by atoms with Crippen LogP contribution in [0.5, 0.6) is 0 Å². The van der Waals surface area contributed by atoms with Gasteiger partial charge in [-0.25, -0.2) is 9.59 Å². The molecule has 6 aromatic carbocycles. The number of amides is 2. The number of carbonyl (C=O) groups is 4. The number of aromatic nitrogens is 2. The highest BCUT2D eigenvalue weighted by molar-refractivity contribution is 14.1. The molecule has 484 valence electrons. The molecule has 0 saturated carbocycles. The molecule has 0 aliphatic carbocycles. The molecule has 0 aliphatic heterocycles. The zero-order valence-corrected chi connectivity index (χ0v) is 59.9. The van der Waals surface area contributed by atoms with Crippen molar-refractivity contribution in [3.63, 3.8) is 0 Å². The smallest absolute Gasteiger partial charge is 0.412 e. The fourth-order valence-electron chi connectivity index (χ4n) is 11.0. The first-order valence-corrected chi connectivity index (χ1v) is 33.1. The summed E-state index contributed by atoms with van der Waals surface area (Å²) in [7, 11) is 8.63. The molecule has 3 N–H and O–H groups in total. The Balaban J connectivity index is 0.000000277. The van der Waals surface area contributed by atoms with Crippen molar-refractivity contribution in [2.75, 3.05) is 69.5 Å². The van der Waals surface area contributed by atoms with E-state index in [1.165, 1.54) is 55.0 Å². The van der Waals surface area contributed by atoms with Crippen LogP contribution < -0.4 is 43.7 Å². The maximum atomic E-state index is 12.7. The number of aliphatic carboxylic acids is 1. The van der Waals surface area contributed by atoms with Crippen LogP contribution in [0.25, 0.3) is 65.9 Å². The van der Waals surface area contributed by atoms with Gasteiger partial charge in [0.1, 0.15) is 17.7 Å². The minimum Gasteiger partial charge on any atom is -1.00 e. The van der Waals surface area contributed by atoms with E-state index in [4.69, 9.17) is 19.3 Å². The Morgan fingerprint density at radius 2 is 0.978 bits per heavy atom. The molecule has 0 atom stereocenters. The third-order valence-corrected chi connectivity index (χ3v) is 15.8. The van der Waals surface area contributed by atoms with Gasteiger partial charge in [-0.3, -0.25) is 20.2 Å². The molecule has 8 rings (SSSR count). The molecule has 2 heterocycles. The summed E-state index contributed by atoms with van der Waals surface area (Å²) in [5, 5.41) is 21.9. The van der Waals surface area contributed by atoms with E-state index in [1.54, 1.807) is 0 Å². The Morgan fingerprint density at radius 1 is 0.544 bits per heavy atom. The number of esters is 1. The quantitative estimate of drug-likeness (QED) is 0.00785. The SMILES string of the molecule is CCOC(=O)CCCCCN(C)C.Cc1ccc2c(c1)c(-c1ccccc1)[n+](CCCI)c1cc(NC(=O)OC(C)(C)C)ccc21.Cc1ccc2c(c1)c(-c1ccccc1)[n+](CCC[N+](C)(C)CCCCCC(=O)O)c1cc(NC(=O)OC(C)(C)C)ccc21.[I-]. The van der Waals surface area contributed by atoms with Gasteiger partial charge in [0.05, 0.1) is 73.1 Å². The first kappa shape index (κ1) is 74.2. The van der Waals surface area contributed by atoms with Crippen LogP contribution in [0.15, 0.2) is 133 Å². The van der Waals surface area contributed by atoms with Gasteiger partial charge in [0.15, 0.2) is 6.54 Å². The number of aryl methyl sites for hydroxylation is 4. The second-order valence-electron chi connectivity index (χ2n) is 26.0. The Kier molecular flexibility index (Phi) is 29.2. The molecule has 8 aromatic rings. The van der Waals surface area contributed by atoms with Gasteiger partial charge >= 0.3 is 24.1 Å². The molecule has 0 aliphatic rings. The minimum atomic E-state index is -0.720. The van der Waals surface area contributed by atoms with E-state index < -0.39 is 29.4 Å². The second kappa shape index (κ2) is 35.4. The summed E-state index contributed by atoms with van der Waals surface area (Å²) < 4.78 is 22.6. The molecular weight excluding hydrogens is 1350 g/mol. The van der Waals surface area contributed by atoms with Crippen LogP contribution in [0.2, 0.25) is 0 Å². The van der Waals surface area contributed by atoms with Crippen LogP contribution in [-0.2, 0) is 36.9 Å². The van der Waals surface area contributed by atoms with E-state index in [1.807, 2.05) is 66.7 Å². The molecule has 16 heteroatoms. The number of anilines is 2. The topological polar surface area (TPSA) is 151 Å². The Labute approximate surface area is 565 Å². The molecule has 90 heavy (non-hydrogen) atoms. The fourth-order valence-corrected chi connectivity index (χ4v) is 11.4. The van der Waals surface area contributed by atoms with Crippen LogP contribution >= 0.6 is 22.6 Å². The third kappa shape index (κ3) is 23.3. The molecule has 2 amide bonds. The van der Waals surface area contributed by atoms with Gasteiger partial charge in [-0.15, -0.1) is 0 Å². The number of nitrogens with zero attached hydrogens (tertiary/aromatic N) is 4. The number of pyridine rings is 2. The standard InChI is InChI=1S/C36H45N3O4.C28H29IN2O2.C10H21NO2.HI/c1-26-17-19-29-30-20-18-28(37-35(42)43-36(2,3)4)25-32(30)38(34(31(29)24-26)27-14-9-7-10-15-27)21-13-23-39(5,6)22-12-8-11-16-33(40)41;1-19-11-13-22-23-14-12-21(30-27(32)33-28(2,3)4)18-25(23)31(16-8-15-29)26(24(22)17-19)20-9-6-5-7-10-20;1-4-13-10(12)8-6-5-7-9-11(2)3;/h7,9-10,14-15,17-20,24-25H,8,11-13,16,21-23H2,1-6H3;5-7,9-14,17-18H,8,15-16H2,1-4H3;4-9H2,1-3H3;1H/p+2. The van der Waals surface area contributed by atoms with Gasteiger partial charge in [0.2, 0.25) is 22.4 Å². The number of quaternary nitrogens is 1. The summed E-state index contributed by atoms with van der Waals surface area (Å²) in [6.45, 7) is 22.6. The first-order valence-electron chi connectivity index (χ1n) is 31.6. The highest BCUT2D eigenvalue weighted by Crippen LogP contribution is 2.36. The number of alkyl halides is 1. The lowest BCUT2D eigenvalue weighted by molar-refractivity contribution is -0.892. The van der Waals surface area contributed by atoms with Crippen molar-refractivity contribution in [1.82, 2.24) is 4.90 Å². The van der Waals surface area contributed by atoms with Crippen LogP contribution in [0.4, 0.5) is 21.0 Å². The average Bonchev–Trinajstić information content (AvgIpc) is 0.776. The average molecular weight is 1450 g/mol. The van der Waals surface area contributed by atoms with Crippen molar-refractivity contribution in [1.29, 1.82) is 0 Å². The number of nitrogens with one attached hydrogen (secondary N) is 2. The molecule has 0 fully saturated rings. The highest BCUT2D eigenvalue weighted by atomic mass is 127. The van der Waals surface area contributed by atoms with E-state index in [0.29, 0.717) is 18.7 Å². The third-order valence-electron chi connectivity index (χ3n) is 15.0. The summed E-state index contributed by atoms with van der Waals surface area (Å²) in [6.07, 6.45) is 7.81. The zero-order chi connectivity index (χ0) is 64.9. The Hall–Kier alpha value is -6.48. The molecule has 14 nitrogen and oxygen atoms in total. The van der Waals surface area contributed by atoms with Gasteiger partial charge in [0.25, 0.3) is 0 Å². The second-order valence-corrected chi connectivity index (χ2v) is 27.0. The fraction of sp³-hybridized carbons (Fsp3) is 0.432. The maximum absolute atomic E-state index is 12.7. The number of fused-ring (bicyclic) bond motifs is 6. The Morgan fingerprint density at radius 3 is 1.41 bits per heavy atom. The van der Waals surface area contributed by atoms with E-state index in [-0.39, 0.29) is 36.4 Å². The number of hydrogen-bond donors (Lipinski definition) is 3. The molecule has 0 bridgehead atoms. The molecule has 0 spiro atoms. The first-order chi connectivity index (χ1) is 42.3. The van der Waals surface area contributed by atoms with Crippen LogP contribution in [0.1, 0.15) is 124 Å². The number of carbonyl (C=O) groups excluding carboxylic acids is 3. The summed E-state index contributed by atoms with van der Waals surface area (Å²) in [6, 6.07) is 46.6. The lowest BCUT2D eigenvalue weighted by atomic mass is 9.97. The molecule has 0 saturated heterocycles. The summed E-state index contributed by atoms with van der Waals surface area (Å²) in [4.78, 5) is 49.0. The molecule has 2 aromatic heterocycles. The number of halogens is 2. The number of benzene rings is 6. The van der Waals surface area contributed by atoms with E-state index in [9.17, 15) is 19.2 Å². The van der Waals surface area contributed by atoms with Crippen molar-refractivity contribution in [2.24, 2.45) is 0 Å². The van der Waals surface area contributed by atoms with Crippen LogP contribution in [0, 0.1) is 13.8 Å². The monoisotopic (exact) mass is 1450 g/mol. The summed E-state index contributed by atoms with van der Waals surface area (Å²) in [5.41, 5.74) is 9.61. The van der Waals surface area contributed by atoms with Crippen molar-refractivity contribution >= 4 is 101 Å². The largest absolute Gasteiger partial charge is 1.00 e. The minimum absolute atomic E-state index is 0. The van der Waals surface area contributed by atoms with Gasteiger partial charge in [-0.05, 0) is 176 Å². The molecular formula is C74H98I2N6O8+2. The Bertz CT molecular complexity index is 3660. The van der Waals surface area contributed by atoms with Gasteiger partial charge in [-0.2, -0.15) is 9.13 Å². The summed E-state index contributed by atoms with van der Waals surface area (Å²) in [5.74, 6) is -0.783.